The highest BCUT2D eigenvalue weighted by Crippen LogP contribution is 2.35. The number of aryl methyl sites for hydroxylation is 1. The fraction of sp³-hybridized carbons (Fsp3) is 0.405. The quantitative estimate of drug-likeness (QED) is 0.173. The minimum absolute atomic E-state index is 0.185. The molecule has 4 rings (SSSR count). The molecule has 0 heterocycles. The third-order valence-corrected chi connectivity index (χ3v) is 7.30. The van der Waals surface area contributed by atoms with E-state index in [0.29, 0.717) is 5.56 Å². The third-order valence-electron chi connectivity index (χ3n) is 7.30. The molecule has 0 aliphatic heterocycles. The number of benzene rings is 4. The normalized spacial score (nSPS) is 11.5. The molecule has 4 aromatic carbocycles. The number of fused-ring (bicyclic) bond motifs is 1. The van der Waals surface area contributed by atoms with Crippen LogP contribution in [0.2, 0.25) is 0 Å². The van der Waals surface area contributed by atoms with E-state index >= 15 is 0 Å². The third kappa shape index (κ3) is 9.63. The summed E-state index contributed by atoms with van der Waals surface area (Å²) in [5.74, 6) is 0. The average molecular weight is 600 g/mol. The Morgan fingerprint density at radius 2 is 1.11 bits per heavy atom. The van der Waals surface area contributed by atoms with E-state index in [-0.39, 0.29) is 22.2 Å². The van der Waals surface area contributed by atoms with Gasteiger partial charge < -0.3 is 4.90 Å². The van der Waals surface area contributed by atoms with Crippen molar-refractivity contribution in [3.63, 3.8) is 0 Å². The molecule has 0 saturated carbocycles. The van der Waals surface area contributed by atoms with Gasteiger partial charge >= 0.3 is 0 Å². The SMILES string of the molecule is CC(C)(C)c1ccc([N+](=O)[O-])cc1[N+](=O)[O-].CN(C)c1cccc2c(C(C)(C)C)cccc12.Cc1ccc(C(C)(C)C)cc1. The van der Waals surface area contributed by atoms with Crippen molar-refractivity contribution in [2.75, 3.05) is 19.0 Å². The highest BCUT2D eigenvalue weighted by molar-refractivity contribution is 5.96. The van der Waals surface area contributed by atoms with Crippen LogP contribution >= 0.6 is 0 Å². The maximum atomic E-state index is 10.8. The highest BCUT2D eigenvalue weighted by atomic mass is 16.6. The molecule has 236 valence electrons. The van der Waals surface area contributed by atoms with Gasteiger partial charge in [-0.3, -0.25) is 20.2 Å². The number of anilines is 1. The second kappa shape index (κ2) is 14.0. The number of nitro benzene ring substituents is 2. The summed E-state index contributed by atoms with van der Waals surface area (Å²) < 4.78 is 0. The largest absolute Gasteiger partial charge is 0.377 e. The zero-order valence-corrected chi connectivity index (χ0v) is 28.5. The number of hydrogen-bond acceptors (Lipinski definition) is 5. The molecule has 7 heteroatoms. The lowest BCUT2D eigenvalue weighted by Gasteiger charge is -2.23. The van der Waals surface area contributed by atoms with Crippen LogP contribution in [0.1, 0.15) is 84.6 Å². The lowest BCUT2D eigenvalue weighted by atomic mass is 9.83. The number of non-ortho nitro benzene ring substituents is 1. The van der Waals surface area contributed by atoms with Crippen molar-refractivity contribution in [3.8, 4) is 0 Å². The van der Waals surface area contributed by atoms with Crippen molar-refractivity contribution >= 4 is 27.8 Å². The predicted molar refractivity (Wildman–Crippen MR) is 185 cm³/mol. The molecule has 0 spiro atoms. The first-order valence-corrected chi connectivity index (χ1v) is 14.8. The molecule has 0 saturated heterocycles. The van der Waals surface area contributed by atoms with Crippen molar-refractivity contribution in [1.82, 2.24) is 0 Å². The van der Waals surface area contributed by atoms with Gasteiger partial charge in [0.25, 0.3) is 11.4 Å². The van der Waals surface area contributed by atoms with E-state index in [1.165, 1.54) is 45.3 Å². The van der Waals surface area contributed by atoms with Crippen LogP contribution in [0.25, 0.3) is 10.8 Å². The molecule has 7 nitrogen and oxygen atoms in total. The van der Waals surface area contributed by atoms with E-state index in [1.54, 1.807) is 0 Å². The van der Waals surface area contributed by atoms with Crippen LogP contribution in [0, 0.1) is 27.2 Å². The molecule has 0 bridgehead atoms. The molecule has 0 N–H and O–H groups in total. The minimum atomic E-state index is -0.639. The van der Waals surface area contributed by atoms with Crippen LogP contribution in [0.5, 0.6) is 0 Å². The minimum Gasteiger partial charge on any atom is -0.377 e. The summed E-state index contributed by atoms with van der Waals surface area (Å²) in [5.41, 5.74) is 5.51. The number of rotatable bonds is 3. The summed E-state index contributed by atoms with van der Waals surface area (Å²) in [6.45, 7) is 21.1. The summed E-state index contributed by atoms with van der Waals surface area (Å²) in [4.78, 5) is 22.3. The van der Waals surface area contributed by atoms with Crippen LogP contribution in [0.3, 0.4) is 0 Å². The number of nitro groups is 2. The Morgan fingerprint density at radius 1 is 0.591 bits per heavy atom. The van der Waals surface area contributed by atoms with E-state index in [1.807, 2.05) is 20.8 Å². The second-order valence-corrected chi connectivity index (χ2v) is 14.4. The van der Waals surface area contributed by atoms with Crippen LogP contribution in [0.4, 0.5) is 17.1 Å². The van der Waals surface area contributed by atoms with Crippen molar-refractivity contribution < 1.29 is 9.85 Å². The van der Waals surface area contributed by atoms with Gasteiger partial charge in [0.15, 0.2) is 0 Å². The zero-order chi connectivity index (χ0) is 33.6. The fourth-order valence-electron chi connectivity index (χ4n) is 4.81. The molecule has 0 radical (unpaired) electrons. The van der Waals surface area contributed by atoms with E-state index in [4.69, 9.17) is 0 Å². The van der Waals surface area contributed by atoms with Gasteiger partial charge in [-0.15, -0.1) is 0 Å². The van der Waals surface area contributed by atoms with Crippen molar-refractivity contribution in [1.29, 1.82) is 0 Å². The van der Waals surface area contributed by atoms with Gasteiger partial charge in [0, 0.05) is 36.8 Å². The first-order valence-electron chi connectivity index (χ1n) is 14.8. The average Bonchev–Trinajstić information content (AvgIpc) is 2.91. The van der Waals surface area contributed by atoms with Gasteiger partial charge in [-0.1, -0.05) is 122 Å². The van der Waals surface area contributed by atoms with Crippen LogP contribution < -0.4 is 4.90 Å². The van der Waals surface area contributed by atoms with Gasteiger partial charge in [-0.25, -0.2) is 0 Å². The highest BCUT2D eigenvalue weighted by Gasteiger charge is 2.27. The molecule has 0 fully saturated rings. The summed E-state index contributed by atoms with van der Waals surface area (Å²) in [5, 5.41) is 24.1. The van der Waals surface area contributed by atoms with Gasteiger partial charge in [-0.2, -0.15) is 0 Å². The van der Waals surface area contributed by atoms with Crippen molar-refractivity contribution in [2.24, 2.45) is 0 Å². The smallest absolute Gasteiger partial charge is 0.279 e. The fourth-order valence-corrected chi connectivity index (χ4v) is 4.81. The molecule has 0 aliphatic carbocycles. The van der Waals surface area contributed by atoms with Gasteiger partial charge in [0.2, 0.25) is 0 Å². The Labute approximate surface area is 263 Å². The van der Waals surface area contributed by atoms with Gasteiger partial charge in [0.05, 0.1) is 15.9 Å². The van der Waals surface area contributed by atoms with Gasteiger partial charge in [0.1, 0.15) is 0 Å². The van der Waals surface area contributed by atoms with Crippen LogP contribution in [-0.4, -0.2) is 23.9 Å². The summed E-state index contributed by atoms with van der Waals surface area (Å²) >= 11 is 0. The van der Waals surface area contributed by atoms with E-state index in [9.17, 15) is 20.2 Å². The Bertz CT molecular complexity index is 1590. The van der Waals surface area contributed by atoms with Crippen molar-refractivity contribution in [3.05, 3.63) is 121 Å². The zero-order valence-electron chi connectivity index (χ0n) is 28.5. The second-order valence-electron chi connectivity index (χ2n) is 14.4. The van der Waals surface area contributed by atoms with Gasteiger partial charge in [-0.05, 0) is 51.8 Å². The first kappa shape index (κ1) is 35.9. The maximum Gasteiger partial charge on any atom is 0.279 e. The molecule has 0 atom stereocenters. The maximum absolute atomic E-state index is 10.8. The first-order chi connectivity index (χ1) is 20.1. The molecule has 0 aromatic heterocycles. The summed E-state index contributed by atoms with van der Waals surface area (Å²) in [7, 11) is 4.19. The number of nitrogens with zero attached hydrogens (tertiary/aromatic N) is 3. The van der Waals surface area contributed by atoms with Crippen LogP contribution in [-0.2, 0) is 16.2 Å². The van der Waals surface area contributed by atoms with E-state index < -0.39 is 15.3 Å². The molecule has 0 unspecified atom stereocenters. The molecule has 44 heavy (non-hydrogen) atoms. The van der Waals surface area contributed by atoms with E-state index in [2.05, 4.69) is 128 Å². The molecular formula is C37H49N3O4. The van der Waals surface area contributed by atoms with E-state index in [0.717, 1.165) is 6.07 Å². The predicted octanol–water partition coefficient (Wildman–Crippen LogP) is 10.3. The Hall–Kier alpha value is -4.26. The van der Waals surface area contributed by atoms with Crippen LogP contribution in [0.15, 0.2) is 78.9 Å². The lowest BCUT2D eigenvalue weighted by Crippen LogP contribution is -2.13. The molecule has 4 aromatic rings. The van der Waals surface area contributed by atoms with Crippen molar-refractivity contribution in [2.45, 2.75) is 85.5 Å². The topological polar surface area (TPSA) is 89.5 Å². The standard InChI is InChI=1S/C16H21N.C11H16.C10H12N2O4/c1-16(2,3)14-10-6-9-13-12(14)8-7-11-15(13)17(4)5;1-9-5-7-10(8-6-9)11(2,3)4;1-10(2,3)8-5-4-7(11(13)14)6-9(8)12(15)16/h6-11H,1-5H3;5-8H,1-4H3;4-6H,1-3H3. The molecule has 0 aliphatic rings. The Morgan fingerprint density at radius 3 is 1.57 bits per heavy atom. The molecular weight excluding hydrogens is 550 g/mol. The Kier molecular flexibility index (Phi) is 11.4. The summed E-state index contributed by atoms with van der Waals surface area (Å²) in [6, 6.07) is 25.6. The molecule has 0 amide bonds. The number of hydrogen-bond donors (Lipinski definition) is 0. The Balaban J connectivity index is 0.000000236. The lowest BCUT2D eigenvalue weighted by molar-refractivity contribution is -0.394. The summed E-state index contributed by atoms with van der Waals surface area (Å²) in [6.07, 6.45) is 0. The monoisotopic (exact) mass is 599 g/mol.